The van der Waals surface area contributed by atoms with Crippen LogP contribution in [0.3, 0.4) is 0 Å². The van der Waals surface area contributed by atoms with Gasteiger partial charge in [0.2, 0.25) is 0 Å². The molecule has 0 aromatic heterocycles. The first-order valence-corrected chi connectivity index (χ1v) is 9.37. The van der Waals surface area contributed by atoms with E-state index < -0.39 is 5.97 Å². The van der Waals surface area contributed by atoms with Crippen LogP contribution in [-0.4, -0.2) is 25.5 Å². The van der Waals surface area contributed by atoms with Gasteiger partial charge >= 0.3 is 5.97 Å². The first-order valence-electron chi connectivity index (χ1n) is 9.37. The van der Waals surface area contributed by atoms with E-state index >= 15 is 0 Å². The van der Waals surface area contributed by atoms with Crippen molar-refractivity contribution in [2.24, 2.45) is 0 Å². The molecule has 0 heterocycles. The monoisotopic (exact) mass is 384 g/mol. The molecule has 0 unspecified atom stereocenters. The quantitative estimate of drug-likeness (QED) is 0.275. The molecule has 0 saturated carbocycles. The van der Waals surface area contributed by atoms with Gasteiger partial charge in [0.25, 0.3) is 0 Å². The molecule has 1 aliphatic rings. The van der Waals surface area contributed by atoms with Crippen LogP contribution in [0.1, 0.15) is 27.0 Å². The maximum atomic E-state index is 12.5. The number of carbonyl (C=O) groups is 2. The van der Waals surface area contributed by atoms with Crippen molar-refractivity contribution in [2.75, 3.05) is 13.7 Å². The maximum absolute atomic E-state index is 12.5. The van der Waals surface area contributed by atoms with Crippen LogP contribution in [-0.2, 0) is 16.0 Å². The topological polar surface area (TPSA) is 52.6 Å². The lowest BCUT2D eigenvalue weighted by Crippen LogP contribution is -2.12. The number of ketones is 1. The third-order valence-corrected chi connectivity index (χ3v) is 4.99. The van der Waals surface area contributed by atoms with E-state index in [1.807, 2.05) is 36.4 Å². The van der Waals surface area contributed by atoms with Crippen molar-refractivity contribution in [3.8, 4) is 16.9 Å². The zero-order chi connectivity index (χ0) is 20.2. The molecule has 0 saturated heterocycles. The molecule has 3 aromatic rings. The molecule has 144 valence electrons. The van der Waals surface area contributed by atoms with Crippen LogP contribution in [0.15, 0.2) is 72.8 Å². The Balaban J connectivity index is 1.38. The Hall–Kier alpha value is -3.66. The van der Waals surface area contributed by atoms with Crippen molar-refractivity contribution in [1.29, 1.82) is 0 Å². The second-order valence-corrected chi connectivity index (χ2v) is 6.84. The van der Waals surface area contributed by atoms with E-state index in [-0.39, 0.29) is 12.4 Å². The minimum atomic E-state index is -0.555. The smallest absolute Gasteiger partial charge is 0.331 e. The van der Waals surface area contributed by atoms with Gasteiger partial charge < -0.3 is 9.47 Å². The highest BCUT2D eigenvalue weighted by Crippen LogP contribution is 2.36. The van der Waals surface area contributed by atoms with Gasteiger partial charge in [-0.05, 0) is 58.5 Å². The highest BCUT2D eigenvalue weighted by atomic mass is 16.5. The highest BCUT2D eigenvalue weighted by molar-refractivity contribution is 6.00. The van der Waals surface area contributed by atoms with E-state index in [9.17, 15) is 9.59 Å². The zero-order valence-electron chi connectivity index (χ0n) is 16.1. The molecule has 0 atom stereocenters. The summed E-state index contributed by atoms with van der Waals surface area (Å²) in [4.78, 5) is 24.4. The number of esters is 1. The molecular weight excluding hydrogens is 364 g/mol. The number of hydrogen-bond acceptors (Lipinski definition) is 4. The van der Waals surface area contributed by atoms with Crippen LogP contribution in [0.25, 0.3) is 17.2 Å². The molecule has 0 radical (unpaired) electrons. The molecular formula is C25H20O4. The van der Waals surface area contributed by atoms with Gasteiger partial charge in [-0.1, -0.05) is 48.5 Å². The van der Waals surface area contributed by atoms with Gasteiger partial charge in [-0.3, -0.25) is 4.79 Å². The molecule has 4 rings (SSSR count). The summed E-state index contributed by atoms with van der Waals surface area (Å²) in [6.07, 6.45) is 3.83. The fourth-order valence-corrected chi connectivity index (χ4v) is 3.44. The summed E-state index contributed by atoms with van der Waals surface area (Å²) >= 11 is 0. The molecule has 0 N–H and O–H groups in total. The van der Waals surface area contributed by atoms with Crippen molar-refractivity contribution in [1.82, 2.24) is 0 Å². The van der Waals surface area contributed by atoms with E-state index in [1.54, 1.807) is 31.4 Å². The van der Waals surface area contributed by atoms with Crippen molar-refractivity contribution in [3.63, 3.8) is 0 Å². The number of rotatable bonds is 6. The van der Waals surface area contributed by atoms with Gasteiger partial charge in [0.05, 0.1) is 7.11 Å². The summed E-state index contributed by atoms with van der Waals surface area (Å²) in [5.74, 6) is -0.0312. The Morgan fingerprint density at radius 2 is 1.69 bits per heavy atom. The summed E-state index contributed by atoms with van der Waals surface area (Å²) in [5.41, 5.74) is 6.11. The molecule has 4 heteroatoms. The second kappa shape index (κ2) is 8.15. The van der Waals surface area contributed by atoms with Crippen LogP contribution in [0.4, 0.5) is 0 Å². The highest BCUT2D eigenvalue weighted by Gasteiger charge is 2.19. The van der Waals surface area contributed by atoms with Gasteiger partial charge in [0.1, 0.15) is 5.75 Å². The van der Waals surface area contributed by atoms with Crippen LogP contribution in [0.5, 0.6) is 5.75 Å². The van der Waals surface area contributed by atoms with E-state index in [2.05, 4.69) is 12.1 Å². The molecule has 0 amide bonds. The van der Waals surface area contributed by atoms with Crippen molar-refractivity contribution < 1.29 is 19.1 Å². The Labute approximate surface area is 169 Å². The lowest BCUT2D eigenvalue weighted by molar-refractivity contribution is -0.136. The summed E-state index contributed by atoms with van der Waals surface area (Å²) in [5, 5.41) is 0. The summed E-state index contributed by atoms with van der Waals surface area (Å²) in [7, 11) is 1.60. The molecule has 0 fully saturated rings. The van der Waals surface area contributed by atoms with Gasteiger partial charge in [0.15, 0.2) is 12.4 Å². The minimum absolute atomic E-state index is 0.219. The first kappa shape index (κ1) is 18.7. The summed E-state index contributed by atoms with van der Waals surface area (Å²) in [6, 6.07) is 21.1. The standard InChI is InChI=1S/C25H20O4/c1-28-21-11-6-17(7-12-21)8-13-25(27)29-16-24(26)20-10-9-19-14-18-4-2-3-5-22(18)23(19)15-20/h2-13,15H,14,16H2,1H3. The van der Waals surface area contributed by atoms with Gasteiger partial charge in [-0.15, -0.1) is 0 Å². The van der Waals surface area contributed by atoms with Crippen LogP contribution >= 0.6 is 0 Å². The van der Waals surface area contributed by atoms with E-state index in [0.29, 0.717) is 5.56 Å². The van der Waals surface area contributed by atoms with E-state index in [0.717, 1.165) is 28.9 Å². The van der Waals surface area contributed by atoms with Crippen LogP contribution < -0.4 is 4.74 Å². The Morgan fingerprint density at radius 1 is 0.931 bits per heavy atom. The first-order chi connectivity index (χ1) is 14.1. The number of methoxy groups -OCH3 is 1. The second-order valence-electron chi connectivity index (χ2n) is 6.84. The molecule has 4 nitrogen and oxygen atoms in total. The Kier molecular flexibility index (Phi) is 5.25. The number of carbonyl (C=O) groups excluding carboxylic acids is 2. The molecule has 29 heavy (non-hydrogen) atoms. The summed E-state index contributed by atoms with van der Waals surface area (Å²) in [6.45, 7) is -0.285. The van der Waals surface area contributed by atoms with E-state index in [4.69, 9.17) is 9.47 Å². The number of Topliss-reactive ketones (excluding diaryl/α,β-unsaturated/α-hetero) is 1. The zero-order valence-corrected chi connectivity index (χ0v) is 16.1. The van der Waals surface area contributed by atoms with Crippen LogP contribution in [0, 0.1) is 0 Å². The third kappa shape index (κ3) is 4.11. The average Bonchev–Trinajstić information content (AvgIpc) is 3.14. The normalized spacial score (nSPS) is 11.8. The maximum Gasteiger partial charge on any atom is 0.331 e. The average molecular weight is 384 g/mol. The fourth-order valence-electron chi connectivity index (χ4n) is 3.44. The minimum Gasteiger partial charge on any atom is -0.497 e. The fraction of sp³-hybridized carbons (Fsp3) is 0.120. The summed E-state index contributed by atoms with van der Waals surface area (Å²) < 4.78 is 10.2. The van der Waals surface area contributed by atoms with E-state index in [1.165, 1.54) is 17.2 Å². The van der Waals surface area contributed by atoms with Gasteiger partial charge in [0, 0.05) is 11.6 Å². The molecule has 0 spiro atoms. The molecule has 0 bridgehead atoms. The molecule has 1 aliphatic carbocycles. The Bertz CT molecular complexity index is 1090. The van der Waals surface area contributed by atoms with Crippen molar-refractivity contribution >= 4 is 17.8 Å². The lowest BCUT2D eigenvalue weighted by atomic mass is 10.0. The number of fused-ring (bicyclic) bond motifs is 3. The van der Waals surface area contributed by atoms with Crippen molar-refractivity contribution in [2.45, 2.75) is 6.42 Å². The molecule has 3 aromatic carbocycles. The predicted molar refractivity (Wildman–Crippen MR) is 112 cm³/mol. The number of benzene rings is 3. The Morgan fingerprint density at radius 3 is 2.48 bits per heavy atom. The van der Waals surface area contributed by atoms with Gasteiger partial charge in [-0.25, -0.2) is 4.79 Å². The SMILES string of the molecule is COc1ccc(C=CC(=O)OCC(=O)c2ccc3c(c2)-c2ccccc2C3)cc1. The number of ether oxygens (including phenoxy) is 2. The third-order valence-electron chi connectivity index (χ3n) is 4.99. The largest absolute Gasteiger partial charge is 0.497 e. The van der Waals surface area contributed by atoms with Gasteiger partial charge in [-0.2, -0.15) is 0 Å². The van der Waals surface area contributed by atoms with Crippen molar-refractivity contribution in [3.05, 3.63) is 95.1 Å². The van der Waals surface area contributed by atoms with Crippen LogP contribution in [0.2, 0.25) is 0 Å². The molecule has 0 aliphatic heterocycles. The predicted octanol–water partition coefficient (Wildman–Crippen LogP) is 4.71. The number of hydrogen-bond donors (Lipinski definition) is 0. The lowest BCUT2D eigenvalue weighted by Gasteiger charge is -2.06.